The van der Waals surface area contributed by atoms with E-state index in [4.69, 9.17) is 21.1 Å². The SMILES string of the molecule is CNc1c(Cl)ncnc1NCc1cccc2c1OCCCO2. The summed E-state index contributed by atoms with van der Waals surface area (Å²) in [6, 6.07) is 5.88. The van der Waals surface area contributed by atoms with Gasteiger partial charge in [-0.05, 0) is 6.07 Å². The third kappa shape index (κ3) is 3.01. The number of para-hydroxylation sites is 1. The second-order valence-corrected chi connectivity index (χ2v) is 5.14. The molecule has 0 aliphatic carbocycles. The van der Waals surface area contributed by atoms with E-state index < -0.39 is 0 Å². The first-order valence-electron chi connectivity index (χ1n) is 7.09. The van der Waals surface area contributed by atoms with E-state index in [1.54, 1.807) is 7.05 Å². The van der Waals surface area contributed by atoms with Crippen molar-refractivity contribution in [2.24, 2.45) is 0 Å². The maximum Gasteiger partial charge on any atom is 0.166 e. The van der Waals surface area contributed by atoms with Crippen LogP contribution in [0.2, 0.25) is 5.15 Å². The molecular formula is C15H17ClN4O2. The van der Waals surface area contributed by atoms with Gasteiger partial charge in [0.2, 0.25) is 0 Å². The normalized spacial score (nSPS) is 13.4. The van der Waals surface area contributed by atoms with Crippen LogP contribution >= 0.6 is 11.6 Å². The minimum absolute atomic E-state index is 0.381. The fraction of sp³-hybridized carbons (Fsp3) is 0.333. The van der Waals surface area contributed by atoms with Crippen molar-refractivity contribution in [1.29, 1.82) is 0 Å². The Bertz CT molecular complexity index is 666. The number of aromatic nitrogens is 2. The number of hydrogen-bond donors (Lipinski definition) is 2. The third-order valence-electron chi connectivity index (χ3n) is 3.35. The van der Waals surface area contributed by atoms with Crippen LogP contribution in [0.15, 0.2) is 24.5 Å². The monoisotopic (exact) mass is 320 g/mol. The van der Waals surface area contributed by atoms with E-state index in [0.717, 1.165) is 23.5 Å². The summed E-state index contributed by atoms with van der Waals surface area (Å²) in [6.07, 6.45) is 2.31. The zero-order chi connectivity index (χ0) is 15.4. The molecule has 1 aliphatic heterocycles. The number of rotatable bonds is 4. The van der Waals surface area contributed by atoms with Crippen LogP contribution in [0.5, 0.6) is 11.5 Å². The topological polar surface area (TPSA) is 68.3 Å². The number of ether oxygens (including phenoxy) is 2. The molecule has 0 saturated carbocycles. The number of hydrogen-bond acceptors (Lipinski definition) is 6. The first-order chi connectivity index (χ1) is 10.8. The highest BCUT2D eigenvalue weighted by Gasteiger charge is 2.15. The molecule has 116 valence electrons. The zero-order valence-corrected chi connectivity index (χ0v) is 13.0. The lowest BCUT2D eigenvalue weighted by molar-refractivity contribution is 0.296. The summed E-state index contributed by atoms with van der Waals surface area (Å²) in [6.45, 7) is 1.88. The number of fused-ring (bicyclic) bond motifs is 1. The van der Waals surface area contributed by atoms with Crippen LogP contribution in [0, 0.1) is 0 Å². The molecule has 0 fully saturated rings. The molecule has 0 saturated heterocycles. The first-order valence-corrected chi connectivity index (χ1v) is 7.47. The Kier molecular flexibility index (Phi) is 4.48. The summed E-state index contributed by atoms with van der Waals surface area (Å²) in [5.74, 6) is 2.22. The van der Waals surface area contributed by atoms with Crippen LogP contribution in [0.25, 0.3) is 0 Å². The quantitative estimate of drug-likeness (QED) is 0.844. The smallest absolute Gasteiger partial charge is 0.166 e. The molecule has 0 radical (unpaired) electrons. The van der Waals surface area contributed by atoms with Crippen LogP contribution in [-0.4, -0.2) is 30.2 Å². The summed E-state index contributed by atoms with van der Waals surface area (Å²) in [5.41, 5.74) is 1.68. The second-order valence-electron chi connectivity index (χ2n) is 4.79. The molecule has 2 N–H and O–H groups in total. The summed E-state index contributed by atoms with van der Waals surface area (Å²) in [4.78, 5) is 8.17. The van der Waals surface area contributed by atoms with E-state index in [0.29, 0.717) is 36.4 Å². The zero-order valence-electron chi connectivity index (χ0n) is 12.2. The van der Waals surface area contributed by atoms with Crippen molar-refractivity contribution in [2.75, 3.05) is 30.9 Å². The van der Waals surface area contributed by atoms with E-state index in [9.17, 15) is 0 Å². The maximum absolute atomic E-state index is 6.05. The fourth-order valence-corrected chi connectivity index (χ4v) is 2.52. The van der Waals surface area contributed by atoms with Crippen molar-refractivity contribution in [2.45, 2.75) is 13.0 Å². The number of anilines is 2. The van der Waals surface area contributed by atoms with Crippen LogP contribution < -0.4 is 20.1 Å². The van der Waals surface area contributed by atoms with Gasteiger partial charge >= 0.3 is 0 Å². The number of benzene rings is 1. The van der Waals surface area contributed by atoms with Gasteiger partial charge in [0.05, 0.1) is 13.2 Å². The Labute approximate surface area is 133 Å². The van der Waals surface area contributed by atoms with E-state index in [1.807, 2.05) is 18.2 Å². The Morgan fingerprint density at radius 1 is 1.23 bits per heavy atom. The van der Waals surface area contributed by atoms with E-state index >= 15 is 0 Å². The van der Waals surface area contributed by atoms with Gasteiger partial charge in [-0.2, -0.15) is 0 Å². The predicted molar refractivity (Wildman–Crippen MR) is 86.0 cm³/mol. The molecule has 0 spiro atoms. The first kappa shape index (κ1) is 14.7. The second kappa shape index (κ2) is 6.70. The molecule has 0 atom stereocenters. The van der Waals surface area contributed by atoms with Crippen LogP contribution in [0.4, 0.5) is 11.5 Å². The predicted octanol–water partition coefficient (Wildman–Crippen LogP) is 2.95. The van der Waals surface area contributed by atoms with Gasteiger partial charge in [-0.15, -0.1) is 0 Å². The van der Waals surface area contributed by atoms with Crippen molar-refractivity contribution < 1.29 is 9.47 Å². The Hall–Kier alpha value is -2.21. The van der Waals surface area contributed by atoms with Crippen molar-refractivity contribution in [3.63, 3.8) is 0 Å². The van der Waals surface area contributed by atoms with Gasteiger partial charge in [0, 0.05) is 25.6 Å². The van der Waals surface area contributed by atoms with E-state index in [1.165, 1.54) is 6.33 Å². The molecule has 2 aromatic rings. The minimum atomic E-state index is 0.381. The standard InChI is InChI=1S/C15H17ClN4O2/c1-17-12-14(16)19-9-20-15(12)18-8-10-4-2-5-11-13(10)22-7-3-6-21-11/h2,4-5,9,17H,3,6-8H2,1H3,(H,18,19,20). The molecule has 0 amide bonds. The average molecular weight is 321 g/mol. The highest BCUT2D eigenvalue weighted by Crippen LogP contribution is 2.34. The molecule has 1 aliphatic rings. The van der Waals surface area contributed by atoms with Crippen molar-refractivity contribution in [3.8, 4) is 11.5 Å². The highest BCUT2D eigenvalue weighted by molar-refractivity contribution is 6.32. The lowest BCUT2D eigenvalue weighted by Crippen LogP contribution is -2.07. The molecule has 0 bridgehead atoms. The van der Waals surface area contributed by atoms with Gasteiger partial charge in [0.25, 0.3) is 0 Å². The van der Waals surface area contributed by atoms with Crippen LogP contribution in [-0.2, 0) is 6.54 Å². The van der Waals surface area contributed by atoms with Crippen LogP contribution in [0.1, 0.15) is 12.0 Å². The summed E-state index contributed by atoms with van der Waals surface area (Å²) < 4.78 is 11.5. The van der Waals surface area contributed by atoms with Gasteiger partial charge in [0.1, 0.15) is 12.0 Å². The molecule has 1 aromatic carbocycles. The number of nitrogens with one attached hydrogen (secondary N) is 2. The summed E-state index contributed by atoms with van der Waals surface area (Å²) >= 11 is 6.05. The highest BCUT2D eigenvalue weighted by atomic mass is 35.5. The maximum atomic E-state index is 6.05. The molecule has 0 unspecified atom stereocenters. The fourth-order valence-electron chi connectivity index (χ4n) is 2.29. The third-order valence-corrected chi connectivity index (χ3v) is 3.64. The van der Waals surface area contributed by atoms with Gasteiger partial charge in [0.15, 0.2) is 22.5 Å². The average Bonchev–Trinajstić information content (AvgIpc) is 2.78. The van der Waals surface area contributed by atoms with Crippen molar-refractivity contribution in [1.82, 2.24) is 9.97 Å². The van der Waals surface area contributed by atoms with Crippen molar-refractivity contribution in [3.05, 3.63) is 35.2 Å². The Morgan fingerprint density at radius 3 is 2.95 bits per heavy atom. The lowest BCUT2D eigenvalue weighted by atomic mass is 10.2. The van der Waals surface area contributed by atoms with Gasteiger partial charge in [-0.25, -0.2) is 9.97 Å². The number of halogens is 1. The molecule has 6 nitrogen and oxygen atoms in total. The molecule has 2 heterocycles. The minimum Gasteiger partial charge on any atom is -0.490 e. The largest absolute Gasteiger partial charge is 0.490 e. The molecule has 22 heavy (non-hydrogen) atoms. The van der Waals surface area contributed by atoms with E-state index in [2.05, 4.69) is 20.6 Å². The molecule has 3 rings (SSSR count). The van der Waals surface area contributed by atoms with Gasteiger partial charge in [-0.1, -0.05) is 23.7 Å². The molecule has 7 heteroatoms. The number of nitrogens with zero attached hydrogens (tertiary/aromatic N) is 2. The van der Waals surface area contributed by atoms with Crippen molar-refractivity contribution >= 4 is 23.1 Å². The summed E-state index contributed by atoms with van der Waals surface area (Å²) in [7, 11) is 1.78. The molecular weight excluding hydrogens is 304 g/mol. The Balaban J connectivity index is 1.82. The lowest BCUT2D eigenvalue weighted by Gasteiger charge is -2.15. The van der Waals surface area contributed by atoms with E-state index in [-0.39, 0.29) is 0 Å². The van der Waals surface area contributed by atoms with Crippen LogP contribution in [0.3, 0.4) is 0 Å². The van der Waals surface area contributed by atoms with Gasteiger partial charge < -0.3 is 20.1 Å². The Morgan fingerprint density at radius 2 is 2.09 bits per heavy atom. The van der Waals surface area contributed by atoms with Gasteiger partial charge in [-0.3, -0.25) is 0 Å². The molecule has 1 aromatic heterocycles. The summed E-state index contributed by atoms with van der Waals surface area (Å²) in [5, 5.41) is 6.64.